The molecule has 0 spiro atoms. The summed E-state index contributed by atoms with van der Waals surface area (Å²) in [5.74, 6) is 0.971. The van der Waals surface area contributed by atoms with Crippen LogP contribution in [0.2, 0.25) is 5.02 Å². The van der Waals surface area contributed by atoms with Crippen LogP contribution in [0.3, 0.4) is 0 Å². The SMILES string of the molecule is COC(=O)CCC(=O)N1CCC(COc2ccc(Cl)cc2C(C)(C)C)CC1. The lowest BCUT2D eigenvalue weighted by Crippen LogP contribution is -2.39. The van der Waals surface area contributed by atoms with E-state index >= 15 is 0 Å². The monoisotopic (exact) mass is 395 g/mol. The van der Waals surface area contributed by atoms with Gasteiger partial charge in [-0.25, -0.2) is 0 Å². The third-order valence-electron chi connectivity index (χ3n) is 4.96. The molecule has 0 saturated carbocycles. The van der Waals surface area contributed by atoms with E-state index in [1.54, 1.807) is 0 Å². The van der Waals surface area contributed by atoms with Gasteiger partial charge in [-0.2, -0.15) is 0 Å². The second-order valence-electron chi connectivity index (χ2n) is 8.10. The molecule has 0 bridgehead atoms. The van der Waals surface area contributed by atoms with Crippen LogP contribution in [0.1, 0.15) is 52.0 Å². The number of piperidine rings is 1. The number of carbonyl (C=O) groups is 2. The van der Waals surface area contributed by atoms with E-state index in [9.17, 15) is 9.59 Å². The molecule has 0 unspecified atom stereocenters. The zero-order valence-electron chi connectivity index (χ0n) is 16.7. The van der Waals surface area contributed by atoms with Crippen molar-refractivity contribution in [2.75, 3.05) is 26.8 Å². The summed E-state index contributed by atoms with van der Waals surface area (Å²) < 4.78 is 10.7. The highest BCUT2D eigenvalue weighted by atomic mass is 35.5. The molecule has 1 fully saturated rings. The van der Waals surface area contributed by atoms with Crippen LogP contribution in [-0.2, 0) is 19.7 Å². The number of esters is 1. The zero-order chi connectivity index (χ0) is 20.0. The summed E-state index contributed by atoms with van der Waals surface area (Å²) in [4.78, 5) is 25.2. The van der Waals surface area contributed by atoms with Crippen LogP contribution < -0.4 is 4.74 Å². The van der Waals surface area contributed by atoms with Crippen molar-refractivity contribution in [2.24, 2.45) is 5.92 Å². The molecular formula is C21H30ClNO4. The Morgan fingerprint density at radius 1 is 1.19 bits per heavy atom. The Labute approximate surface area is 167 Å². The summed E-state index contributed by atoms with van der Waals surface area (Å²) in [6.45, 7) is 8.48. The molecule has 1 aliphatic heterocycles. The van der Waals surface area contributed by atoms with Crippen LogP contribution in [0.25, 0.3) is 0 Å². The number of likely N-dealkylation sites (tertiary alicyclic amines) is 1. The number of halogens is 1. The highest BCUT2D eigenvalue weighted by Gasteiger charge is 2.25. The van der Waals surface area contributed by atoms with Gasteiger partial charge in [-0.3, -0.25) is 9.59 Å². The molecule has 0 atom stereocenters. The molecule has 27 heavy (non-hydrogen) atoms. The molecular weight excluding hydrogens is 366 g/mol. The minimum absolute atomic E-state index is 0.0208. The number of amides is 1. The van der Waals surface area contributed by atoms with Gasteiger partial charge in [0.05, 0.1) is 20.1 Å². The van der Waals surface area contributed by atoms with Gasteiger partial charge >= 0.3 is 5.97 Å². The third-order valence-corrected chi connectivity index (χ3v) is 5.20. The molecule has 1 heterocycles. The fourth-order valence-electron chi connectivity index (χ4n) is 3.24. The number of hydrogen-bond donors (Lipinski definition) is 0. The topological polar surface area (TPSA) is 55.8 Å². The summed E-state index contributed by atoms with van der Waals surface area (Å²) in [5, 5.41) is 0.714. The van der Waals surface area contributed by atoms with Gasteiger partial charge in [-0.05, 0) is 42.4 Å². The van der Waals surface area contributed by atoms with Crippen LogP contribution in [0.4, 0.5) is 0 Å². The smallest absolute Gasteiger partial charge is 0.306 e. The van der Waals surface area contributed by atoms with Gasteiger partial charge in [0, 0.05) is 30.1 Å². The third kappa shape index (κ3) is 6.42. The van der Waals surface area contributed by atoms with Gasteiger partial charge in [0.15, 0.2) is 0 Å². The molecule has 1 saturated heterocycles. The molecule has 0 N–H and O–H groups in total. The van der Waals surface area contributed by atoms with Crippen LogP contribution in [0.5, 0.6) is 5.75 Å². The van der Waals surface area contributed by atoms with Crippen molar-refractivity contribution in [3.8, 4) is 5.75 Å². The van der Waals surface area contributed by atoms with Gasteiger partial charge in [0.1, 0.15) is 5.75 Å². The fraction of sp³-hybridized carbons (Fsp3) is 0.619. The predicted octanol–water partition coefficient (Wildman–Crippen LogP) is 4.21. The molecule has 150 valence electrons. The van der Waals surface area contributed by atoms with Gasteiger partial charge in [0.25, 0.3) is 0 Å². The Bertz CT molecular complexity index is 661. The number of nitrogens with zero attached hydrogens (tertiary/aromatic N) is 1. The number of rotatable bonds is 6. The number of carbonyl (C=O) groups excluding carboxylic acids is 2. The Morgan fingerprint density at radius 2 is 1.85 bits per heavy atom. The highest BCUT2D eigenvalue weighted by molar-refractivity contribution is 6.30. The predicted molar refractivity (Wildman–Crippen MR) is 106 cm³/mol. The van der Waals surface area contributed by atoms with Crippen LogP contribution in [-0.4, -0.2) is 43.6 Å². The zero-order valence-corrected chi connectivity index (χ0v) is 17.5. The van der Waals surface area contributed by atoms with Crippen LogP contribution in [0.15, 0.2) is 18.2 Å². The summed E-state index contributed by atoms with van der Waals surface area (Å²) in [5.41, 5.74) is 1.06. The van der Waals surface area contributed by atoms with E-state index in [-0.39, 0.29) is 30.1 Å². The van der Waals surface area contributed by atoms with Crippen molar-refractivity contribution in [1.82, 2.24) is 4.90 Å². The summed E-state index contributed by atoms with van der Waals surface area (Å²) >= 11 is 6.15. The van der Waals surface area contributed by atoms with E-state index < -0.39 is 0 Å². The van der Waals surface area contributed by atoms with Crippen LogP contribution in [0, 0.1) is 5.92 Å². The van der Waals surface area contributed by atoms with E-state index in [4.69, 9.17) is 16.3 Å². The molecule has 5 nitrogen and oxygen atoms in total. The Balaban J connectivity index is 1.83. The van der Waals surface area contributed by atoms with Crippen molar-refractivity contribution in [3.63, 3.8) is 0 Å². The molecule has 1 aromatic carbocycles. The van der Waals surface area contributed by atoms with E-state index in [0.29, 0.717) is 30.6 Å². The second kappa shape index (κ2) is 9.45. The number of benzene rings is 1. The summed E-state index contributed by atoms with van der Waals surface area (Å²) in [6.07, 6.45) is 2.17. The lowest BCUT2D eigenvalue weighted by atomic mass is 9.86. The minimum atomic E-state index is -0.343. The molecule has 0 aliphatic carbocycles. The van der Waals surface area contributed by atoms with E-state index in [1.165, 1.54) is 7.11 Å². The first-order chi connectivity index (χ1) is 12.7. The molecule has 1 aliphatic rings. The van der Waals surface area contributed by atoms with Gasteiger partial charge < -0.3 is 14.4 Å². The van der Waals surface area contributed by atoms with E-state index in [1.807, 2.05) is 23.1 Å². The van der Waals surface area contributed by atoms with Gasteiger partial charge in [-0.1, -0.05) is 32.4 Å². The van der Waals surface area contributed by atoms with Gasteiger partial charge in [-0.15, -0.1) is 0 Å². The van der Waals surface area contributed by atoms with Crippen molar-refractivity contribution >= 4 is 23.5 Å². The van der Waals surface area contributed by atoms with Crippen molar-refractivity contribution in [2.45, 2.75) is 51.9 Å². The molecule has 1 aromatic rings. The maximum absolute atomic E-state index is 12.2. The maximum Gasteiger partial charge on any atom is 0.306 e. The second-order valence-corrected chi connectivity index (χ2v) is 8.54. The largest absolute Gasteiger partial charge is 0.493 e. The van der Waals surface area contributed by atoms with Gasteiger partial charge in [0.2, 0.25) is 5.91 Å². The Kier molecular flexibility index (Phi) is 7.54. The highest BCUT2D eigenvalue weighted by Crippen LogP contribution is 2.34. The fourth-order valence-corrected chi connectivity index (χ4v) is 3.41. The molecule has 1 amide bonds. The van der Waals surface area contributed by atoms with E-state index in [0.717, 1.165) is 24.2 Å². The summed E-state index contributed by atoms with van der Waals surface area (Å²) in [6, 6.07) is 5.77. The first kappa shape index (κ1) is 21.5. The van der Waals surface area contributed by atoms with E-state index in [2.05, 4.69) is 25.5 Å². The van der Waals surface area contributed by atoms with Crippen molar-refractivity contribution in [1.29, 1.82) is 0 Å². The average molecular weight is 396 g/mol. The molecule has 0 radical (unpaired) electrons. The normalized spacial score (nSPS) is 15.5. The van der Waals surface area contributed by atoms with Crippen molar-refractivity contribution in [3.05, 3.63) is 28.8 Å². The number of methoxy groups -OCH3 is 1. The number of hydrogen-bond acceptors (Lipinski definition) is 4. The first-order valence-electron chi connectivity index (χ1n) is 9.48. The molecule has 2 rings (SSSR count). The lowest BCUT2D eigenvalue weighted by Gasteiger charge is -2.32. The Morgan fingerprint density at radius 3 is 2.44 bits per heavy atom. The number of ether oxygens (including phenoxy) is 2. The summed E-state index contributed by atoms with van der Waals surface area (Å²) in [7, 11) is 1.34. The average Bonchev–Trinajstić information content (AvgIpc) is 2.64. The first-order valence-corrected chi connectivity index (χ1v) is 9.86. The Hall–Kier alpha value is -1.75. The molecule has 6 heteroatoms. The minimum Gasteiger partial charge on any atom is -0.493 e. The maximum atomic E-state index is 12.2. The van der Waals surface area contributed by atoms with Crippen LogP contribution >= 0.6 is 11.6 Å². The quantitative estimate of drug-likeness (QED) is 0.677. The molecule has 0 aromatic heterocycles. The lowest BCUT2D eigenvalue weighted by molar-refractivity contribution is -0.144. The standard InChI is InChI=1S/C21H30ClNO4/c1-21(2,3)17-13-16(22)5-6-18(17)27-14-15-9-11-23(12-10-15)19(24)7-8-20(25)26-4/h5-6,13,15H,7-12,14H2,1-4H3. The van der Waals surface area contributed by atoms with Crippen molar-refractivity contribution < 1.29 is 19.1 Å².